The van der Waals surface area contributed by atoms with Crippen molar-refractivity contribution in [2.45, 2.75) is 31.3 Å². The molecule has 0 N–H and O–H groups in total. The molecular formula is C16H15Cl2N3S2. The molecule has 7 heteroatoms. The maximum atomic E-state index is 6.07. The number of hydrogen-bond acceptors (Lipinski definition) is 4. The molecule has 0 bridgehead atoms. The normalized spacial score (nSPS) is 11.1. The number of thiophene rings is 1. The lowest BCUT2D eigenvalue weighted by molar-refractivity contribution is 0.688. The van der Waals surface area contributed by atoms with Gasteiger partial charge in [0.15, 0.2) is 11.0 Å². The van der Waals surface area contributed by atoms with Crippen molar-refractivity contribution >= 4 is 46.3 Å². The minimum Gasteiger partial charge on any atom is -0.302 e. The Hall–Kier alpha value is -1.01. The summed E-state index contributed by atoms with van der Waals surface area (Å²) in [6.45, 7) is 5.04. The fraction of sp³-hybridized carbons (Fsp3) is 0.250. The Kier molecular flexibility index (Phi) is 5.31. The lowest BCUT2D eigenvalue weighted by Gasteiger charge is -2.06. The van der Waals surface area contributed by atoms with Crippen LogP contribution in [0, 0.1) is 6.92 Å². The summed E-state index contributed by atoms with van der Waals surface area (Å²) >= 11 is 15.4. The quantitative estimate of drug-likeness (QED) is 0.511. The molecule has 3 nitrogen and oxygen atoms in total. The van der Waals surface area contributed by atoms with Gasteiger partial charge in [0.05, 0.1) is 14.9 Å². The van der Waals surface area contributed by atoms with Crippen molar-refractivity contribution in [3.8, 4) is 10.7 Å². The fourth-order valence-electron chi connectivity index (χ4n) is 2.19. The van der Waals surface area contributed by atoms with E-state index in [9.17, 15) is 0 Å². The van der Waals surface area contributed by atoms with Gasteiger partial charge in [-0.25, -0.2) is 0 Å². The van der Waals surface area contributed by atoms with Gasteiger partial charge >= 0.3 is 0 Å². The molecule has 0 amide bonds. The van der Waals surface area contributed by atoms with Crippen molar-refractivity contribution in [1.82, 2.24) is 14.8 Å². The number of nitrogens with zero attached hydrogens (tertiary/aromatic N) is 3. The largest absolute Gasteiger partial charge is 0.302 e. The maximum absolute atomic E-state index is 6.07. The van der Waals surface area contributed by atoms with Crippen LogP contribution >= 0.6 is 46.3 Å². The van der Waals surface area contributed by atoms with E-state index in [1.165, 1.54) is 4.88 Å². The van der Waals surface area contributed by atoms with Gasteiger partial charge in [-0.15, -0.1) is 21.5 Å². The van der Waals surface area contributed by atoms with E-state index in [0.717, 1.165) is 33.7 Å². The monoisotopic (exact) mass is 383 g/mol. The van der Waals surface area contributed by atoms with Gasteiger partial charge in [-0.1, -0.05) is 41.0 Å². The standard InChI is InChI=1S/C16H15Cl2N3S2/c1-3-21-15(14-7-4-10(2)23-14)19-20-16(21)22-9-11-5-6-12(17)13(18)8-11/h4-8H,3,9H2,1-2H3. The maximum Gasteiger partial charge on any atom is 0.191 e. The zero-order valence-corrected chi connectivity index (χ0v) is 15.9. The highest BCUT2D eigenvalue weighted by Crippen LogP contribution is 2.31. The van der Waals surface area contributed by atoms with Crippen molar-refractivity contribution in [3.63, 3.8) is 0 Å². The summed E-state index contributed by atoms with van der Waals surface area (Å²) < 4.78 is 2.15. The van der Waals surface area contributed by atoms with E-state index in [1.54, 1.807) is 23.1 Å². The number of rotatable bonds is 5. The second kappa shape index (κ2) is 7.26. The molecule has 3 aromatic rings. The third kappa shape index (κ3) is 3.74. The lowest BCUT2D eigenvalue weighted by atomic mass is 10.2. The van der Waals surface area contributed by atoms with Gasteiger partial charge < -0.3 is 4.57 Å². The van der Waals surface area contributed by atoms with Crippen LogP contribution in [0.5, 0.6) is 0 Å². The summed E-state index contributed by atoms with van der Waals surface area (Å²) in [6.07, 6.45) is 0. The summed E-state index contributed by atoms with van der Waals surface area (Å²) in [5.74, 6) is 1.71. The van der Waals surface area contributed by atoms with Crippen LogP contribution < -0.4 is 0 Å². The Bertz CT molecular complexity index is 827. The van der Waals surface area contributed by atoms with Gasteiger partial charge in [-0.2, -0.15) is 0 Å². The third-order valence-electron chi connectivity index (χ3n) is 3.35. The van der Waals surface area contributed by atoms with E-state index < -0.39 is 0 Å². The zero-order chi connectivity index (χ0) is 16.4. The van der Waals surface area contributed by atoms with E-state index in [4.69, 9.17) is 23.2 Å². The van der Waals surface area contributed by atoms with Gasteiger partial charge in [-0.3, -0.25) is 0 Å². The smallest absolute Gasteiger partial charge is 0.191 e. The average molecular weight is 384 g/mol. The number of benzene rings is 1. The van der Waals surface area contributed by atoms with Crippen LogP contribution in [0.4, 0.5) is 0 Å². The Balaban J connectivity index is 1.80. The summed E-state index contributed by atoms with van der Waals surface area (Å²) in [5, 5.41) is 10.8. The number of thioether (sulfide) groups is 1. The minimum absolute atomic E-state index is 0.576. The summed E-state index contributed by atoms with van der Waals surface area (Å²) in [5.41, 5.74) is 1.11. The summed E-state index contributed by atoms with van der Waals surface area (Å²) in [4.78, 5) is 2.42. The predicted octanol–water partition coefficient (Wildman–Crippen LogP) is 5.93. The van der Waals surface area contributed by atoms with Crippen LogP contribution in [0.3, 0.4) is 0 Å². The molecule has 0 spiro atoms. The molecule has 0 aliphatic carbocycles. The highest BCUT2D eigenvalue weighted by molar-refractivity contribution is 7.98. The molecule has 120 valence electrons. The minimum atomic E-state index is 0.576. The Labute approximate surface area is 153 Å². The second-order valence-electron chi connectivity index (χ2n) is 5.00. The SMILES string of the molecule is CCn1c(SCc2ccc(Cl)c(Cl)c2)nnc1-c1ccc(C)s1. The van der Waals surface area contributed by atoms with Crippen molar-refractivity contribution < 1.29 is 0 Å². The molecule has 2 aromatic heterocycles. The number of halogens is 2. The second-order valence-corrected chi connectivity index (χ2v) is 8.04. The van der Waals surface area contributed by atoms with E-state index in [2.05, 4.69) is 40.7 Å². The highest BCUT2D eigenvalue weighted by Gasteiger charge is 2.14. The van der Waals surface area contributed by atoms with E-state index in [-0.39, 0.29) is 0 Å². The van der Waals surface area contributed by atoms with E-state index >= 15 is 0 Å². The molecule has 0 fully saturated rings. The molecule has 0 aliphatic rings. The van der Waals surface area contributed by atoms with Crippen molar-refractivity contribution in [3.05, 3.63) is 50.8 Å². The molecule has 0 aliphatic heterocycles. The average Bonchev–Trinajstić information content (AvgIpc) is 3.14. The lowest BCUT2D eigenvalue weighted by Crippen LogP contribution is -1.99. The van der Waals surface area contributed by atoms with Crippen LogP contribution in [0.1, 0.15) is 17.4 Å². The Morgan fingerprint density at radius 1 is 1.13 bits per heavy atom. The molecule has 0 atom stereocenters. The highest BCUT2D eigenvalue weighted by atomic mass is 35.5. The van der Waals surface area contributed by atoms with Gasteiger partial charge in [0.25, 0.3) is 0 Å². The van der Waals surface area contributed by atoms with Crippen LogP contribution in [-0.2, 0) is 12.3 Å². The third-order valence-corrected chi connectivity index (χ3v) is 6.12. The number of aryl methyl sites for hydroxylation is 1. The van der Waals surface area contributed by atoms with E-state index in [1.807, 2.05) is 18.2 Å². The molecule has 23 heavy (non-hydrogen) atoms. The van der Waals surface area contributed by atoms with Gasteiger partial charge in [0, 0.05) is 17.2 Å². The molecule has 0 saturated carbocycles. The van der Waals surface area contributed by atoms with Gasteiger partial charge in [0.1, 0.15) is 0 Å². The first-order valence-corrected chi connectivity index (χ1v) is 9.71. The topological polar surface area (TPSA) is 30.7 Å². The fourth-order valence-corrected chi connectivity index (χ4v) is 4.32. The molecule has 2 heterocycles. The van der Waals surface area contributed by atoms with Crippen LogP contribution in [0.15, 0.2) is 35.5 Å². The molecule has 0 radical (unpaired) electrons. The predicted molar refractivity (Wildman–Crippen MR) is 99.8 cm³/mol. The zero-order valence-electron chi connectivity index (χ0n) is 12.7. The van der Waals surface area contributed by atoms with E-state index in [0.29, 0.717) is 10.0 Å². The molecule has 3 rings (SSSR count). The summed E-state index contributed by atoms with van der Waals surface area (Å²) in [6, 6.07) is 9.91. The van der Waals surface area contributed by atoms with Crippen molar-refractivity contribution in [1.29, 1.82) is 0 Å². The Morgan fingerprint density at radius 2 is 1.96 bits per heavy atom. The molecule has 1 aromatic carbocycles. The molecule has 0 saturated heterocycles. The first-order chi connectivity index (χ1) is 11.1. The molecular weight excluding hydrogens is 369 g/mol. The van der Waals surface area contributed by atoms with Gasteiger partial charge in [0.2, 0.25) is 0 Å². The number of aromatic nitrogens is 3. The first-order valence-electron chi connectivity index (χ1n) is 7.15. The molecule has 0 unspecified atom stereocenters. The van der Waals surface area contributed by atoms with Crippen LogP contribution in [0.2, 0.25) is 10.0 Å². The first kappa shape index (κ1) is 16.8. The number of hydrogen-bond donors (Lipinski definition) is 0. The van der Waals surface area contributed by atoms with Crippen LogP contribution in [-0.4, -0.2) is 14.8 Å². The van der Waals surface area contributed by atoms with Crippen molar-refractivity contribution in [2.24, 2.45) is 0 Å². The Morgan fingerprint density at radius 3 is 2.61 bits per heavy atom. The van der Waals surface area contributed by atoms with Crippen molar-refractivity contribution in [2.75, 3.05) is 0 Å². The van der Waals surface area contributed by atoms with Crippen LogP contribution in [0.25, 0.3) is 10.7 Å². The summed E-state index contributed by atoms with van der Waals surface area (Å²) in [7, 11) is 0. The van der Waals surface area contributed by atoms with Gasteiger partial charge in [-0.05, 0) is 43.7 Å².